The Morgan fingerprint density at radius 1 is 1.26 bits per heavy atom. The number of anilines is 1. The van der Waals surface area contributed by atoms with E-state index < -0.39 is 0 Å². The van der Waals surface area contributed by atoms with E-state index in [9.17, 15) is 0 Å². The van der Waals surface area contributed by atoms with Crippen molar-refractivity contribution in [1.29, 1.82) is 0 Å². The van der Waals surface area contributed by atoms with Crippen molar-refractivity contribution in [2.45, 2.75) is 48.1 Å². The molecule has 3 heteroatoms. The van der Waals surface area contributed by atoms with Crippen LogP contribution < -0.4 is 10.2 Å². The first-order valence-corrected chi connectivity index (χ1v) is 7.13. The molecule has 0 aliphatic carbocycles. The zero-order chi connectivity index (χ0) is 14.6. The Morgan fingerprint density at radius 3 is 2.42 bits per heavy atom. The molecule has 0 amide bonds. The Labute approximate surface area is 118 Å². The fourth-order valence-electron chi connectivity index (χ4n) is 2.41. The molecule has 1 rings (SSSR count). The number of pyridine rings is 1. The average Bonchev–Trinajstić information content (AvgIpc) is 2.24. The molecule has 1 aromatic rings. The molecule has 0 aliphatic rings. The van der Waals surface area contributed by atoms with Crippen LogP contribution in [-0.2, 0) is 6.54 Å². The maximum Gasteiger partial charge on any atom is 0.133 e. The molecule has 0 aromatic carbocycles. The van der Waals surface area contributed by atoms with Gasteiger partial charge in [-0.05, 0) is 37.4 Å². The van der Waals surface area contributed by atoms with Gasteiger partial charge in [-0.2, -0.15) is 0 Å². The number of hydrogen-bond donors (Lipinski definition) is 1. The molecular weight excluding hydrogens is 234 g/mol. The second-order valence-electron chi connectivity index (χ2n) is 6.58. The lowest BCUT2D eigenvalue weighted by Crippen LogP contribution is -2.31. The number of nitrogens with one attached hydrogen (secondary N) is 1. The summed E-state index contributed by atoms with van der Waals surface area (Å²) in [6.45, 7) is 16.0. The van der Waals surface area contributed by atoms with Crippen LogP contribution in [0.25, 0.3) is 0 Å². The summed E-state index contributed by atoms with van der Waals surface area (Å²) >= 11 is 0. The van der Waals surface area contributed by atoms with E-state index in [0.29, 0.717) is 0 Å². The summed E-state index contributed by atoms with van der Waals surface area (Å²) in [6, 6.07) is 2.17. The predicted octanol–water partition coefficient (Wildman–Crippen LogP) is 3.29. The second kappa shape index (κ2) is 6.38. The highest BCUT2D eigenvalue weighted by Gasteiger charge is 2.18. The lowest BCUT2D eigenvalue weighted by Gasteiger charge is -2.29. The Balaban J connectivity index is 3.09. The quantitative estimate of drug-likeness (QED) is 0.883. The van der Waals surface area contributed by atoms with Crippen LogP contribution in [0, 0.1) is 19.3 Å². The van der Waals surface area contributed by atoms with Gasteiger partial charge in [-0.25, -0.2) is 4.98 Å². The molecule has 1 aromatic heterocycles. The lowest BCUT2D eigenvalue weighted by molar-refractivity contribution is 0.417. The van der Waals surface area contributed by atoms with Crippen molar-refractivity contribution >= 4 is 5.82 Å². The van der Waals surface area contributed by atoms with Crippen molar-refractivity contribution in [3.63, 3.8) is 0 Å². The molecule has 0 atom stereocenters. The third-order valence-corrected chi connectivity index (χ3v) is 3.08. The fraction of sp³-hybridized carbons (Fsp3) is 0.688. The third kappa shape index (κ3) is 4.83. The van der Waals surface area contributed by atoms with Crippen LogP contribution in [0.3, 0.4) is 0 Å². The van der Waals surface area contributed by atoms with Crippen molar-refractivity contribution in [3.05, 3.63) is 22.9 Å². The van der Waals surface area contributed by atoms with E-state index in [1.807, 2.05) is 0 Å². The van der Waals surface area contributed by atoms with Gasteiger partial charge in [0.05, 0.1) is 0 Å². The molecular formula is C16H29N3. The van der Waals surface area contributed by atoms with Crippen LogP contribution in [0.4, 0.5) is 5.82 Å². The molecule has 0 radical (unpaired) electrons. The molecule has 0 spiro atoms. The molecule has 0 bridgehead atoms. The minimum Gasteiger partial charge on any atom is -0.359 e. The maximum atomic E-state index is 4.76. The molecule has 0 unspecified atom stereocenters. The van der Waals surface area contributed by atoms with E-state index in [4.69, 9.17) is 4.98 Å². The summed E-state index contributed by atoms with van der Waals surface area (Å²) in [5.74, 6) is 1.12. The molecule has 0 saturated heterocycles. The summed E-state index contributed by atoms with van der Waals surface area (Å²) in [4.78, 5) is 7.04. The van der Waals surface area contributed by atoms with Gasteiger partial charge in [-0.3, -0.25) is 0 Å². The van der Waals surface area contributed by atoms with Crippen LogP contribution in [-0.4, -0.2) is 25.1 Å². The van der Waals surface area contributed by atoms with Crippen LogP contribution in [0.5, 0.6) is 0 Å². The largest absolute Gasteiger partial charge is 0.359 e. The normalized spacial score (nSPS) is 11.7. The zero-order valence-electron chi connectivity index (χ0n) is 13.6. The molecule has 108 valence electrons. The van der Waals surface area contributed by atoms with E-state index >= 15 is 0 Å². The van der Waals surface area contributed by atoms with Gasteiger partial charge in [0.25, 0.3) is 0 Å². The number of nitrogens with zero attached hydrogens (tertiary/aromatic N) is 2. The third-order valence-electron chi connectivity index (χ3n) is 3.08. The van der Waals surface area contributed by atoms with E-state index in [0.717, 1.165) is 31.1 Å². The van der Waals surface area contributed by atoms with Crippen LogP contribution in [0.1, 0.15) is 44.5 Å². The fourth-order valence-corrected chi connectivity index (χ4v) is 2.41. The van der Waals surface area contributed by atoms with E-state index in [1.54, 1.807) is 0 Å². The summed E-state index contributed by atoms with van der Waals surface area (Å²) < 4.78 is 0. The first kappa shape index (κ1) is 16.0. The van der Waals surface area contributed by atoms with Crippen LogP contribution in [0.2, 0.25) is 0 Å². The van der Waals surface area contributed by atoms with Gasteiger partial charge in [0.15, 0.2) is 0 Å². The summed E-state index contributed by atoms with van der Waals surface area (Å²) in [5.41, 5.74) is 4.00. The van der Waals surface area contributed by atoms with Gasteiger partial charge in [0.2, 0.25) is 0 Å². The zero-order valence-corrected chi connectivity index (χ0v) is 13.6. The van der Waals surface area contributed by atoms with Gasteiger partial charge in [0.1, 0.15) is 5.82 Å². The molecule has 3 nitrogen and oxygen atoms in total. The number of rotatable bonds is 5. The van der Waals surface area contributed by atoms with Gasteiger partial charge in [-0.15, -0.1) is 0 Å². The standard InChI is InChI=1S/C16H29N3/c1-8-17-10-14-12(2)9-13(3)18-15(14)19(7)11-16(4,5)6/h9,17H,8,10-11H2,1-7H3. The Bertz CT molecular complexity index is 419. The van der Waals surface area contributed by atoms with Crippen molar-refractivity contribution < 1.29 is 0 Å². The first-order valence-electron chi connectivity index (χ1n) is 7.13. The predicted molar refractivity (Wildman–Crippen MR) is 83.8 cm³/mol. The second-order valence-corrected chi connectivity index (χ2v) is 6.58. The highest BCUT2D eigenvalue weighted by Crippen LogP contribution is 2.25. The van der Waals surface area contributed by atoms with Gasteiger partial charge in [0, 0.05) is 31.4 Å². The van der Waals surface area contributed by atoms with Crippen molar-refractivity contribution in [2.75, 3.05) is 25.0 Å². The SMILES string of the molecule is CCNCc1c(C)cc(C)nc1N(C)CC(C)(C)C. The Hall–Kier alpha value is -1.09. The smallest absolute Gasteiger partial charge is 0.133 e. The van der Waals surface area contributed by atoms with E-state index in [-0.39, 0.29) is 5.41 Å². The number of aromatic nitrogens is 1. The van der Waals surface area contributed by atoms with Gasteiger partial charge >= 0.3 is 0 Å². The molecule has 1 heterocycles. The van der Waals surface area contributed by atoms with E-state index in [2.05, 4.69) is 64.9 Å². The highest BCUT2D eigenvalue weighted by atomic mass is 15.2. The minimum absolute atomic E-state index is 0.267. The lowest BCUT2D eigenvalue weighted by atomic mass is 9.96. The molecule has 0 saturated carbocycles. The van der Waals surface area contributed by atoms with Crippen molar-refractivity contribution in [1.82, 2.24) is 10.3 Å². The first-order chi connectivity index (χ1) is 8.74. The average molecular weight is 263 g/mol. The molecule has 19 heavy (non-hydrogen) atoms. The van der Waals surface area contributed by atoms with Gasteiger partial charge < -0.3 is 10.2 Å². The van der Waals surface area contributed by atoms with Crippen LogP contribution in [0.15, 0.2) is 6.07 Å². The highest BCUT2D eigenvalue weighted by molar-refractivity contribution is 5.51. The number of aryl methyl sites for hydroxylation is 2. The molecule has 0 fully saturated rings. The van der Waals surface area contributed by atoms with Crippen LogP contribution >= 0.6 is 0 Å². The summed E-state index contributed by atoms with van der Waals surface area (Å²) in [7, 11) is 2.14. The summed E-state index contributed by atoms with van der Waals surface area (Å²) in [5, 5.41) is 3.42. The molecule has 0 aliphatic heterocycles. The molecule has 1 N–H and O–H groups in total. The topological polar surface area (TPSA) is 28.2 Å². The Morgan fingerprint density at radius 2 is 1.89 bits per heavy atom. The maximum absolute atomic E-state index is 4.76. The van der Waals surface area contributed by atoms with Crippen molar-refractivity contribution in [2.24, 2.45) is 5.41 Å². The van der Waals surface area contributed by atoms with E-state index in [1.165, 1.54) is 11.1 Å². The Kier molecular flexibility index (Phi) is 5.36. The summed E-state index contributed by atoms with van der Waals surface area (Å²) in [6.07, 6.45) is 0. The van der Waals surface area contributed by atoms with Crippen molar-refractivity contribution in [3.8, 4) is 0 Å². The minimum atomic E-state index is 0.267. The monoisotopic (exact) mass is 263 g/mol. The number of hydrogen-bond acceptors (Lipinski definition) is 3. The van der Waals surface area contributed by atoms with Gasteiger partial charge in [-0.1, -0.05) is 27.7 Å².